The molecule has 36 heavy (non-hydrogen) atoms. The van der Waals surface area contributed by atoms with Crippen LogP contribution in [-0.4, -0.2) is 42.5 Å². The Morgan fingerprint density at radius 1 is 0.889 bits per heavy atom. The summed E-state index contributed by atoms with van der Waals surface area (Å²) >= 11 is 1.29. The monoisotopic (exact) mass is 507 g/mol. The molecule has 2 heterocycles. The van der Waals surface area contributed by atoms with Crippen molar-refractivity contribution >= 4 is 34.5 Å². The molecule has 8 nitrogen and oxygen atoms in total. The summed E-state index contributed by atoms with van der Waals surface area (Å²) in [6, 6.07) is 11.2. The normalized spacial score (nSPS) is 11.9. The molecule has 0 saturated heterocycles. The molecule has 0 atom stereocenters. The lowest BCUT2D eigenvalue weighted by Gasteiger charge is -2.11. The third kappa shape index (κ3) is 5.68. The molecular weight excluding hydrogens is 478 g/mol. The second kappa shape index (κ2) is 11.7. The van der Waals surface area contributed by atoms with Gasteiger partial charge in [0, 0.05) is 0 Å². The van der Waals surface area contributed by atoms with Gasteiger partial charge in [-0.15, -0.1) is 5.10 Å². The molecule has 0 N–H and O–H groups in total. The molecule has 0 radical (unpaired) electrons. The first-order valence-corrected chi connectivity index (χ1v) is 12.5. The number of nitrogens with zero attached hydrogens (tertiary/aromatic N) is 3. The number of hydrogen-bond acceptors (Lipinski definition) is 8. The molecule has 0 aliphatic rings. The van der Waals surface area contributed by atoms with E-state index in [2.05, 4.69) is 17.0 Å². The van der Waals surface area contributed by atoms with Gasteiger partial charge in [0.2, 0.25) is 4.96 Å². The third-order valence-electron chi connectivity index (χ3n) is 5.52. The van der Waals surface area contributed by atoms with Crippen LogP contribution < -0.4 is 29.0 Å². The van der Waals surface area contributed by atoms with Gasteiger partial charge in [-0.05, 0) is 54.0 Å². The lowest BCUT2D eigenvalue weighted by Crippen LogP contribution is -2.23. The largest absolute Gasteiger partial charge is 0.493 e. The van der Waals surface area contributed by atoms with Gasteiger partial charge >= 0.3 is 0 Å². The molecule has 0 unspecified atom stereocenters. The van der Waals surface area contributed by atoms with Crippen molar-refractivity contribution in [1.29, 1.82) is 0 Å². The molecule has 0 spiro atoms. The van der Waals surface area contributed by atoms with Gasteiger partial charge in [0.25, 0.3) is 5.56 Å². The van der Waals surface area contributed by atoms with Crippen molar-refractivity contribution in [2.24, 2.45) is 0 Å². The number of rotatable bonds is 11. The van der Waals surface area contributed by atoms with E-state index in [1.165, 1.54) is 15.9 Å². The standard InChI is InChI=1S/C27H29N3O5S/c1-5-6-7-14-35-21-12-9-19(16-23(21)34-4)17-24-26(31)30-27(36-24)28-25(29-30)13-10-18-8-11-20(32-2)22(15-18)33-3/h8-13,15-17H,5-7,14H2,1-4H3. The molecule has 0 aliphatic carbocycles. The summed E-state index contributed by atoms with van der Waals surface area (Å²) in [4.78, 5) is 17.9. The van der Waals surface area contributed by atoms with Gasteiger partial charge < -0.3 is 18.9 Å². The van der Waals surface area contributed by atoms with Gasteiger partial charge in [-0.25, -0.2) is 0 Å². The van der Waals surface area contributed by atoms with E-state index >= 15 is 0 Å². The predicted molar refractivity (Wildman–Crippen MR) is 142 cm³/mol. The lowest BCUT2D eigenvalue weighted by molar-refractivity contribution is 0.286. The third-order valence-corrected chi connectivity index (χ3v) is 6.48. The van der Waals surface area contributed by atoms with E-state index < -0.39 is 0 Å². The van der Waals surface area contributed by atoms with E-state index in [1.807, 2.05) is 48.6 Å². The molecule has 0 fully saturated rings. The minimum atomic E-state index is -0.216. The van der Waals surface area contributed by atoms with Crippen molar-refractivity contribution in [2.75, 3.05) is 27.9 Å². The molecule has 0 aliphatic heterocycles. The number of aromatic nitrogens is 3. The molecule has 0 bridgehead atoms. The SMILES string of the molecule is CCCCCOc1ccc(C=c2sc3nc(C=Cc4ccc(OC)c(OC)c4)nn3c2=O)cc1OC. The number of thiazole rings is 1. The fraction of sp³-hybridized carbons (Fsp3) is 0.296. The zero-order valence-electron chi connectivity index (χ0n) is 20.8. The Morgan fingerprint density at radius 3 is 2.31 bits per heavy atom. The molecule has 0 amide bonds. The van der Waals surface area contributed by atoms with Crippen LogP contribution in [0.2, 0.25) is 0 Å². The van der Waals surface area contributed by atoms with Gasteiger partial charge in [0.15, 0.2) is 28.8 Å². The van der Waals surface area contributed by atoms with Crippen LogP contribution in [0, 0.1) is 0 Å². The van der Waals surface area contributed by atoms with Crippen molar-refractivity contribution < 1.29 is 18.9 Å². The van der Waals surface area contributed by atoms with E-state index in [-0.39, 0.29) is 5.56 Å². The first-order chi connectivity index (χ1) is 17.6. The van der Waals surface area contributed by atoms with Crippen molar-refractivity contribution in [3.8, 4) is 23.0 Å². The van der Waals surface area contributed by atoms with Crippen LogP contribution in [0.4, 0.5) is 0 Å². The van der Waals surface area contributed by atoms with Crippen molar-refractivity contribution in [2.45, 2.75) is 26.2 Å². The molecule has 4 aromatic rings. The van der Waals surface area contributed by atoms with E-state index in [9.17, 15) is 4.79 Å². The zero-order valence-corrected chi connectivity index (χ0v) is 21.6. The minimum absolute atomic E-state index is 0.216. The Hall–Kier alpha value is -3.85. The van der Waals surface area contributed by atoms with Crippen molar-refractivity contribution in [3.05, 3.63) is 68.2 Å². The van der Waals surface area contributed by atoms with Gasteiger partial charge in [-0.2, -0.15) is 9.50 Å². The van der Waals surface area contributed by atoms with Crippen LogP contribution >= 0.6 is 11.3 Å². The van der Waals surface area contributed by atoms with Gasteiger partial charge in [-0.3, -0.25) is 4.79 Å². The van der Waals surface area contributed by atoms with E-state index in [0.717, 1.165) is 30.4 Å². The highest BCUT2D eigenvalue weighted by Gasteiger charge is 2.10. The van der Waals surface area contributed by atoms with E-state index in [0.29, 0.717) is 44.9 Å². The maximum absolute atomic E-state index is 12.9. The Kier molecular flexibility index (Phi) is 8.22. The van der Waals surface area contributed by atoms with Gasteiger partial charge in [0.05, 0.1) is 32.5 Å². The molecular formula is C27H29N3O5S. The Balaban J connectivity index is 1.54. The molecule has 2 aromatic carbocycles. The summed E-state index contributed by atoms with van der Waals surface area (Å²) < 4.78 is 23.8. The first kappa shape index (κ1) is 25.2. The Morgan fingerprint density at radius 2 is 1.58 bits per heavy atom. The highest BCUT2D eigenvalue weighted by Crippen LogP contribution is 2.29. The minimum Gasteiger partial charge on any atom is -0.493 e. The average molecular weight is 508 g/mol. The second-order valence-electron chi connectivity index (χ2n) is 7.99. The molecule has 2 aromatic heterocycles. The summed E-state index contributed by atoms with van der Waals surface area (Å²) in [7, 11) is 4.79. The topological polar surface area (TPSA) is 84.2 Å². The first-order valence-electron chi connectivity index (χ1n) is 11.7. The van der Waals surface area contributed by atoms with Crippen LogP contribution in [0.3, 0.4) is 0 Å². The Bertz CT molecular complexity index is 1470. The smallest absolute Gasteiger partial charge is 0.291 e. The van der Waals surface area contributed by atoms with Crippen LogP contribution in [0.25, 0.3) is 23.2 Å². The maximum Gasteiger partial charge on any atom is 0.291 e. The highest BCUT2D eigenvalue weighted by atomic mass is 32.1. The number of ether oxygens (including phenoxy) is 4. The van der Waals surface area contributed by atoms with Crippen molar-refractivity contribution in [3.63, 3.8) is 0 Å². The van der Waals surface area contributed by atoms with Crippen LogP contribution in [0.1, 0.15) is 43.1 Å². The summed E-state index contributed by atoms with van der Waals surface area (Å²) in [5, 5.41) is 4.36. The fourth-order valence-corrected chi connectivity index (χ4v) is 4.54. The molecule has 0 saturated carbocycles. The highest BCUT2D eigenvalue weighted by molar-refractivity contribution is 7.15. The average Bonchev–Trinajstić information content (AvgIpc) is 3.43. The van der Waals surface area contributed by atoms with E-state index in [1.54, 1.807) is 27.4 Å². The molecule has 188 valence electrons. The molecule has 4 rings (SSSR count). The maximum atomic E-state index is 12.9. The van der Waals surface area contributed by atoms with Crippen molar-refractivity contribution in [1.82, 2.24) is 14.6 Å². The fourth-order valence-electron chi connectivity index (χ4n) is 3.63. The van der Waals surface area contributed by atoms with Gasteiger partial charge in [0.1, 0.15) is 0 Å². The predicted octanol–water partition coefficient (Wildman–Crippen LogP) is 4.46. The summed E-state index contributed by atoms with van der Waals surface area (Å²) in [5.41, 5.74) is 1.52. The number of hydrogen-bond donors (Lipinski definition) is 0. The molecule has 9 heteroatoms. The quantitative estimate of drug-likeness (QED) is 0.277. The van der Waals surface area contributed by atoms with Crippen LogP contribution in [0.15, 0.2) is 41.2 Å². The van der Waals surface area contributed by atoms with Crippen LogP contribution in [0.5, 0.6) is 23.0 Å². The lowest BCUT2D eigenvalue weighted by atomic mass is 10.2. The zero-order chi connectivity index (χ0) is 25.5. The number of benzene rings is 2. The Labute approximate surface area is 213 Å². The summed E-state index contributed by atoms with van der Waals surface area (Å²) in [6.07, 6.45) is 8.69. The van der Waals surface area contributed by atoms with Crippen LogP contribution in [-0.2, 0) is 0 Å². The number of methoxy groups -OCH3 is 3. The summed E-state index contributed by atoms with van der Waals surface area (Å²) in [5.74, 6) is 3.07. The van der Waals surface area contributed by atoms with E-state index in [4.69, 9.17) is 18.9 Å². The second-order valence-corrected chi connectivity index (χ2v) is 9.00. The van der Waals surface area contributed by atoms with Gasteiger partial charge in [-0.1, -0.05) is 49.3 Å². The summed E-state index contributed by atoms with van der Waals surface area (Å²) in [6.45, 7) is 2.80. The number of fused-ring (bicyclic) bond motifs is 1. The number of unbranched alkanes of at least 4 members (excludes halogenated alkanes) is 2.